The molecule has 1 aromatic heterocycles. The zero-order valence-electron chi connectivity index (χ0n) is 24.3. The maximum Gasteiger partial charge on any atom is 0.241 e. The Kier molecular flexibility index (Phi) is 10.6. The lowest BCUT2D eigenvalue weighted by Gasteiger charge is -2.47. The van der Waals surface area contributed by atoms with Crippen molar-refractivity contribution in [3.05, 3.63) is 59.2 Å². The van der Waals surface area contributed by atoms with Gasteiger partial charge in [0, 0.05) is 62.0 Å². The van der Waals surface area contributed by atoms with E-state index < -0.39 is 0 Å². The summed E-state index contributed by atoms with van der Waals surface area (Å²) in [7, 11) is 0. The first-order valence-corrected chi connectivity index (χ1v) is 13.9. The quantitative estimate of drug-likeness (QED) is 0.543. The molecule has 0 unspecified atom stereocenters. The number of amides is 1. The molecule has 0 aliphatic carbocycles. The van der Waals surface area contributed by atoms with E-state index in [1.54, 1.807) is 12.1 Å². The Hall–Kier alpha value is -1.81. The van der Waals surface area contributed by atoms with Gasteiger partial charge in [0.15, 0.2) is 0 Å². The number of aromatic nitrogens is 1. The fourth-order valence-electron chi connectivity index (χ4n) is 6.08. The van der Waals surface area contributed by atoms with Gasteiger partial charge in [-0.05, 0) is 56.5 Å². The van der Waals surface area contributed by atoms with E-state index in [4.69, 9.17) is 9.72 Å². The van der Waals surface area contributed by atoms with Crippen molar-refractivity contribution >= 4 is 36.4 Å². The zero-order chi connectivity index (χ0) is 27.1. The van der Waals surface area contributed by atoms with Crippen molar-refractivity contribution in [1.82, 2.24) is 20.1 Å². The summed E-state index contributed by atoms with van der Waals surface area (Å²) in [6.45, 7) is 17.0. The summed E-state index contributed by atoms with van der Waals surface area (Å²) in [5.41, 5.74) is 3.69. The number of hydrogen-bond acceptors (Lipinski definition) is 6. The summed E-state index contributed by atoms with van der Waals surface area (Å²) >= 11 is 0. The third-order valence-electron chi connectivity index (χ3n) is 8.35. The number of morpholine rings is 1. The van der Waals surface area contributed by atoms with Crippen LogP contribution in [0.25, 0.3) is 0 Å². The number of halogens is 3. The van der Waals surface area contributed by atoms with Crippen molar-refractivity contribution in [3.63, 3.8) is 0 Å². The van der Waals surface area contributed by atoms with E-state index in [0.717, 1.165) is 61.9 Å². The molecule has 3 aliphatic rings. The molecule has 2 atom stereocenters. The average molecular weight is 597 g/mol. The molecular weight excluding hydrogens is 552 g/mol. The van der Waals surface area contributed by atoms with Crippen LogP contribution in [0.3, 0.4) is 0 Å². The number of pyridine rings is 1. The molecule has 7 nitrogen and oxygen atoms in total. The molecule has 10 heteroatoms. The van der Waals surface area contributed by atoms with Gasteiger partial charge in [-0.2, -0.15) is 0 Å². The Morgan fingerprint density at radius 1 is 1.15 bits per heavy atom. The Labute approximate surface area is 250 Å². The summed E-state index contributed by atoms with van der Waals surface area (Å²) < 4.78 is 19.1. The Balaban J connectivity index is 0.00000220. The van der Waals surface area contributed by atoms with Gasteiger partial charge in [-0.3, -0.25) is 19.6 Å². The lowest BCUT2D eigenvalue weighted by atomic mass is 9.91. The van der Waals surface area contributed by atoms with Crippen LogP contribution in [-0.2, 0) is 21.4 Å². The van der Waals surface area contributed by atoms with Gasteiger partial charge < -0.3 is 15.0 Å². The van der Waals surface area contributed by atoms with Crippen molar-refractivity contribution in [2.45, 2.75) is 64.1 Å². The minimum atomic E-state index is -0.239. The van der Waals surface area contributed by atoms with E-state index in [1.807, 2.05) is 11.1 Å². The van der Waals surface area contributed by atoms with Crippen LogP contribution in [0.4, 0.5) is 10.1 Å². The maximum atomic E-state index is 13.9. The zero-order valence-corrected chi connectivity index (χ0v) is 25.9. The number of carbonyl (C=O) groups excluding carboxylic acids is 1. The molecule has 0 saturated carbocycles. The van der Waals surface area contributed by atoms with E-state index in [9.17, 15) is 9.18 Å². The largest absolute Gasteiger partial charge is 0.378 e. The van der Waals surface area contributed by atoms with Gasteiger partial charge in [0.25, 0.3) is 0 Å². The highest BCUT2D eigenvalue weighted by molar-refractivity contribution is 5.97. The number of anilines is 1. The Morgan fingerprint density at radius 2 is 1.88 bits per heavy atom. The van der Waals surface area contributed by atoms with Gasteiger partial charge in [0.05, 0.1) is 31.1 Å². The number of carbonyl (C=O) groups is 1. The van der Waals surface area contributed by atoms with Crippen LogP contribution in [0.15, 0.2) is 36.5 Å². The van der Waals surface area contributed by atoms with Crippen LogP contribution in [0.5, 0.6) is 0 Å². The molecule has 0 bridgehead atoms. The highest BCUT2D eigenvalue weighted by Crippen LogP contribution is 2.40. The van der Waals surface area contributed by atoms with E-state index in [1.165, 1.54) is 12.1 Å². The predicted octanol–water partition coefficient (Wildman–Crippen LogP) is 4.05. The van der Waals surface area contributed by atoms with Gasteiger partial charge in [-0.15, -0.1) is 24.8 Å². The van der Waals surface area contributed by atoms with Crippen LogP contribution >= 0.6 is 24.8 Å². The number of nitrogens with one attached hydrogen (secondary N) is 1. The molecule has 0 radical (unpaired) electrons. The highest BCUT2D eigenvalue weighted by atomic mass is 35.5. The fourth-order valence-corrected chi connectivity index (χ4v) is 6.08. The van der Waals surface area contributed by atoms with E-state index in [-0.39, 0.29) is 53.5 Å². The van der Waals surface area contributed by atoms with Crippen LogP contribution in [0.2, 0.25) is 0 Å². The van der Waals surface area contributed by atoms with Crippen molar-refractivity contribution < 1.29 is 13.9 Å². The van der Waals surface area contributed by atoms with E-state index in [0.29, 0.717) is 25.6 Å². The van der Waals surface area contributed by atoms with Crippen LogP contribution < -0.4 is 10.2 Å². The number of rotatable bonds is 6. The van der Waals surface area contributed by atoms with E-state index >= 15 is 0 Å². The van der Waals surface area contributed by atoms with Gasteiger partial charge >= 0.3 is 0 Å². The summed E-state index contributed by atoms with van der Waals surface area (Å²) in [5, 5.41) is 3.63. The highest BCUT2D eigenvalue weighted by Gasteiger charge is 2.41. The first kappa shape index (κ1) is 32.7. The minimum absolute atomic E-state index is 0. The fraction of sp³-hybridized carbons (Fsp3) is 0.600. The summed E-state index contributed by atoms with van der Waals surface area (Å²) in [6.07, 6.45) is 2.55. The second kappa shape index (κ2) is 13.0. The summed E-state index contributed by atoms with van der Waals surface area (Å²) in [6, 6.07) is 9.27. The molecule has 2 saturated heterocycles. The molecule has 2 aromatic rings. The van der Waals surface area contributed by atoms with Crippen molar-refractivity contribution in [3.8, 4) is 0 Å². The van der Waals surface area contributed by atoms with Crippen molar-refractivity contribution in [2.75, 3.05) is 57.4 Å². The SMILES string of the molecule is C[C@@H]1CN(CC(=O)N2CC(C)(C)c3ncc(Cc4ccc(F)cc4)cc32)[C@@H](CN2CCOCC2(C)C)CN1.Cl.Cl. The number of piperazine rings is 1. The molecule has 0 spiro atoms. The number of nitrogens with zero attached hydrogens (tertiary/aromatic N) is 4. The Bertz CT molecular complexity index is 1160. The number of benzene rings is 1. The lowest BCUT2D eigenvalue weighted by molar-refractivity contribution is -0.121. The van der Waals surface area contributed by atoms with Crippen molar-refractivity contribution in [1.29, 1.82) is 0 Å². The standard InChI is InChI=1S/C30H42FN5O2.2ClH/c1-21-16-34(25(15-32-21)17-35-10-11-38-20-30(35,4)5)18-27(37)36-19-29(2,3)28-26(36)13-23(14-33-28)12-22-6-8-24(31)9-7-22;;/h6-9,13-14,21,25,32H,10-12,15-20H2,1-5H3;2*1H/t21-,25-;;/m1../s1. The molecule has 2 fully saturated rings. The average Bonchev–Trinajstić information content (AvgIpc) is 3.13. The molecule has 4 heterocycles. The molecular formula is C30H44Cl2FN5O2. The monoisotopic (exact) mass is 595 g/mol. The molecule has 1 amide bonds. The number of fused-ring (bicyclic) bond motifs is 1. The first-order valence-electron chi connectivity index (χ1n) is 13.9. The third kappa shape index (κ3) is 7.15. The van der Waals surface area contributed by atoms with Crippen LogP contribution in [-0.4, -0.2) is 90.8 Å². The molecule has 1 aromatic carbocycles. The van der Waals surface area contributed by atoms with Gasteiger partial charge in [-0.25, -0.2) is 4.39 Å². The molecule has 5 rings (SSSR count). The molecule has 40 heavy (non-hydrogen) atoms. The van der Waals surface area contributed by atoms with Crippen molar-refractivity contribution in [2.24, 2.45) is 0 Å². The second-order valence-corrected chi connectivity index (χ2v) is 12.6. The van der Waals surface area contributed by atoms with E-state index in [2.05, 4.69) is 55.8 Å². The molecule has 1 N–H and O–H groups in total. The van der Waals surface area contributed by atoms with Gasteiger partial charge in [0.2, 0.25) is 5.91 Å². The minimum Gasteiger partial charge on any atom is -0.378 e. The van der Waals surface area contributed by atoms with Crippen LogP contribution in [0, 0.1) is 5.82 Å². The topological polar surface area (TPSA) is 60.9 Å². The third-order valence-corrected chi connectivity index (χ3v) is 8.35. The summed E-state index contributed by atoms with van der Waals surface area (Å²) in [4.78, 5) is 25.5. The second-order valence-electron chi connectivity index (χ2n) is 12.6. The lowest BCUT2D eigenvalue weighted by Crippen LogP contribution is -2.64. The Morgan fingerprint density at radius 3 is 2.58 bits per heavy atom. The molecule has 222 valence electrons. The number of hydrogen-bond donors (Lipinski definition) is 1. The summed E-state index contributed by atoms with van der Waals surface area (Å²) in [5.74, 6) is -0.116. The molecule has 3 aliphatic heterocycles. The van der Waals surface area contributed by atoms with Gasteiger partial charge in [0.1, 0.15) is 5.82 Å². The predicted molar refractivity (Wildman–Crippen MR) is 163 cm³/mol. The maximum absolute atomic E-state index is 13.9. The first-order chi connectivity index (χ1) is 18.0. The van der Waals surface area contributed by atoms with Crippen LogP contribution in [0.1, 0.15) is 51.4 Å². The van der Waals surface area contributed by atoms with Gasteiger partial charge in [-0.1, -0.05) is 26.0 Å². The number of ether oxygens (including phenoxy) is 1. The smallest absolute Gasteiger partial charge is 0.241 e. The normalized spacial score (nSPS) is 24.1.